The van der Waals surface area contributed by atoms with Gasteiger partial charge in [0.1, 0.15) is 11.6 Å². The molecule has 2 aromatic rings. The van der Waals surface area contributed by atoms with Gasteiger partial charge in [0, 0.05) is 17.6 Å². The largest absolute Gasteiger partial charge is 0.479 e. The predicted molar refractivity (Wildman–Crippen MR) is 84.0 cm³/mol. The quantitative estimate of drug-likeness (QED) is 0.879. The van der Waals surface area contributed by atoms with E-state index in [0.29, 0.717) is 5.01 Å². The third-order valence-corrected chi connectivity index (χ3v) is 4.38. The molecule has 1 aliphatic carbocycles. The summed E-state index contributed by atoms with van der Waals surface area (Å²) in [6, 6.07) is 8.11. The molecule has 1 N–H and O–H groups in total. The highest BCUT2D eigenvalue weighted by atomic mass is 32.1. The predicted octanol–water partition coefficient (Wildman–Crippen LogP) is 3.07. The summed E-state index contributed by atoms with van der Waals surface area (Å²) >= 11 is 1.22. The fraction of sp³-hybridized carbons (Fsp3) is 0.312. The average molecular weight is 332 g/mol. The molecule has 3 rings (SSSR count). The molecule has 0 radical (unpaired) electrons. The van der Waals surface area contributed by atoms with Crippen molar-refractivity contribution < 1.29 is 19.4 Å². The van der Waals surface area contributed by atoms with Crippen LogP contribution in [0.4, 0.5) is 4.79 Å². The van der Waals surface area contributed by atoms with Crippen molar-refractivity contribution in [2.75, 3.05) is 0 Å². The van der Waals surface area contributed by atoms with E-state index in [-0.39, 0.29) is 12.6 Å². The Morgan fingerprint density at radius 3 is 2.65 bits per heavy atom. The molecule has 0 bridgehead atoms. The summed E-state index contributed by atoms with van der Waals surface area (Å²) in [4.78, 5) is 29.5. The maximum atomic E-state index is 12.5. The molecule has 1 fully saturated rings. The second-order valence-electron chi connectivity index (χ2n) is 5.29. The molecule has 0 spiro atoms. The van der Waals surface area contributed by atoms with E-state index in [1.54, 1.807) is 5.38 Å². The van der Waals surface area contributed by atoms with E-state index in [2.05, 4.69) is 4.98 Å². The van der Waals surface area contributed by atoms with Crippen LogP contribution in [0.1, 0.15) is 29.5 Å². The van der Waals surface area contributed by atoms with Crippen molar-refractivity contribution in [2.24, 2.45) is 0 Å². The van der Waals surface area contributed by atoms with Gasteiger partial charge in [-0.2, -0.15) is 0 Å². The van der Waals surface area contributed by atoms with Gasteiger partial charge in [-0.1, -0.05) is 30.3 Å². The van der Waals surface area contributed by atoms with Crippen LogP contribution < -0.4 is 0 Å². The minimum absolute atomic E-state index is 0.0942. The molecule has 1 amide bonds. The number of rotatable bonds is 6. The molecule has 23 heavy (non-hydrogen) atoms. The lowest BCUT2D eigenvalue weighted by atomic mass is 10.2. The van der Waals surface area contributed by atoms with Crippen LogP contribution in [0.5, 0.6) is 0 Å². The van der Waals surface area contributed by atoms with Crippen molar-refractivity contribution in [1.82, 2.24) is 9.88 Å². The number of carbonyl (C=O) groups excluding carboxylic acids is 1. The van der Waals surface area contributed by atoms with Crippen LogP contribution in [0.3, 0.4) is 0 Å². The molecular weight excluding hydrogens is 316 g/mol. The van der Waals surface area contributed by atoms with Crippen molar-refractivity contribution in [3.05, 3.63) is 52.5 Å². The summed E-state index contributed by atoms with van der Waals surface area (Å²) < 4.78 is 5.32. The molecule has 1 atom stereocenters. The van der Waals surface area contributed by atoms with Gasteiger partial charge in [0.2, 0.25) is 0 Å². The molecule has 1 saturated carbocycles. The lowest BCUT2D eigenvalue weighted by Crippen LogP contribution is -2.40. The third-order valence-electron chi connectivity index (χ3n) is 3.55. The number of ether oxygens (including phenoxy) is 1. The molecule has 1 aromatic heterocycles. The SMILES string of the molecule is O=C(O)C(c1nccs1)N(C(=O)OCc1ccccc1)C1CC1. The van der Waals surface area contributed by atoms with Crippen molar-refractivity contribution in [1.29, 1.82) is 0 Å². The standard InChI is InChI=1S/C16H16N2O4S/c19-15(20)13(14-17-8-9-23-14)18(12-6-7-12)16(21)22-10-11-4-2-1-3-5-11/h1-5,8-9,12-13H,6-7,10H2,(H,19,20). The lowest BCUT2D eigenvalue weighted by molar-refractivity contribution is -0.143. The molecule has 6 nitrogen and oxygen atoms in total. The number of amides is 1. The van der Waals surface area contributed by atoms with Crippen LogP contribution in [-0.2, 0) is 16.1 Å². The molecule has 0 aliphatic heterocycles. The van der Waals surface area contributed by atoms with Gasteiger partial charge in [-0.3, -0.25) is 4.90 Å². The average Bonchev–Trinajstić information content (AvgIpc) is 3.25. The Balaban J connectivity index is 1.75. The normalized spacial score (nSPS) is 15.0. The number of hydrogen-bond donors (Lipinski definition) is 1. The number of carboxylic acid groups (broad SMARTS) is 1. The van der Waals surface area contributed by atoms with E-state index < -0.39 is 18.1 Å². The second-order valence-corrected chi connectivity index (χ2v) is 6.22. The van der Waals surface area contributed by atoms with Crippen LogP contribution >= 0.6 is 11.3 Å². The summed E-state index contributed by atoms with van der Waals surface area (Å²) in [5.41, 5.74) is 0.859. The van der Waals surface area contributed by atoms with E-state index in [9.17, 15) is 14.7 Å². The van der Waals surface area contributed by atoms with Crippen molar-refractivity contribution >= 4 is 23.4 Å². The summed E-state index contributed by atoms with van der Waals surface area (Å²) in [5.74, 6) is -1.09. The molecule has 7 heteroatoms. The summed E-state index contributed by atoms with van der Waals surface area (Å²) in [6.07, 6.45) is 2.50. The Morgan fingerprint density at radius 2 is 2.09 bits per heavy atom. The first-order valence-corrected chi connectivity index (χ1v) is 8.16. The van der Waals surface area contributed by atoms with Gasteiger partial charge in [0.05, 0.1) is 0 Å². The molecule has 120 valence electrons. The second kappa shape index (κ2) is 6.78. The minimum Gasteiger partial charge on any atom is -0.479 e. The van der Waals surface area contributed by atoms with Crippen molar-refractivity contribution in [2.45, 2.75) is 31.5 Å². The minimum atomic E-state index is -1.09. The number of thiazole rings is 1. The van der Waals surface area contributed by atoms with E-state index in [1.165, 1.54) is 22.4 Å². The van der Waals surface area contributed by atoms with Crippen LogP contribution in [0.15, 0.2) is 41.9 Å². The fourth-order valence-electron chi connectivity index (χ4n) is 2.32. The number of carboxylic acids is 1. The summed E-state index contributed by atoms with van der Waals surface area (Å²) in [5, 5.41) is 11.6. The summed E-state index contributed by atoms with van der Waals surface area (Å²) in [6.45, 7) is 0.118. The van der Waals surface area contributed by atoms with Gasteiger partial charge >= 0.3 is 12.1 Å². The maximum Gasteiger partial charge on any atom is 0.411 e. The van der Waals surface area contributed by atoms with Gasteiger partial charge in [-0.05, 0) is 18.4 Å². The van der Waals surface area contributed by atoms with Crippen molar-refractivity contribution in [3.63, 3.8) is 0 Å². The zero-order valence-electron chi connectivity index (χ0n) is 12.3. The van der Waals surface area contributed by atoms with E-state index in [4.69, 9.17) is 4.74 Å². The first-order valence-electron chi connectivity index (χ1n) is 7.28. The molecule has 0 saturated heterocycles. The van der Waals surface area contributed by atoms with Crippen LogP contribution in [0, 0.1) is 0 Å². The molecule has 1 aromatic carbocycles. The number of hydrogen-bond acceptors (Lipinski definition) is 5. The van der Waals surface area contributed by atoms with Gasteiger partial charge in [0.25, 0.3) is 0 Å². The van der Waals surface area contributed by atoms with Gasteiger partial charge in [0.15, 0.2) is 6.04 Å². The fourth-order valence-corrected chi connectivity index (χ4v) is 3.05. The highest BCUT2D eigenvalue weighted by Crippen LogP contribution is 2.36. The summed E-state index contributed by atoms with van der Waals surface area (Å²) in [7, 11) is 0. The highest BCUT2D eigenvalue weighted by molar-refractivity contribution is 7.09. The van der Waals surface area contributed by atoms with E-state index in [1.807, 2.05) is 30.3 Å². The number of aromatic nitrogens is 1. The molecule has 1 heterocycles. The zero-order chi connectivity index (χ0) is 16.2. The van der Waals surface area contributed by atoms with Crippen LogP contribution in [-0.4, -0.2) is 33.1 Å². The highest BCUT2D eigenvalue weighted by Gasteiger charge is 2.43. The number of nitrogens with zero attached hydrogens (tertiary/aromatic N) is 2. The Kier molecular flexibility index (Phi) is 4.57. The van der Waals surface area contributed by atoms with E-state index >= 15 is 0 Å². The Bertz CT molecular complexity index is 671. The topological polar surface area (TPSA) is 79.7 Å². The Morgan fingerprint density at radius 1 is 1.35 bits per heavy atom. The number of carbonyl (C=O) groups is 2. The smallest absolute Gasteiger partial charge is 0.411 e. The van der Waals surface area contributed by atoms with Gasteiger partial charge < -0.3 is 9.84 Å². The van der Waals surface area contributed by atoms with Crippen molar-refractivity contribution in [3.8, 4) is 0 Å². The molecule has 1 aliphatic rings. The lowest BCUT2D eigenvalue weighted by Gasteiger charge is -2.26. The maximum absolute atomic E-state index is 12.5. The number of benzene rings is 1. The van der Waals surface area contributed by atoms with Crippen LogP contribution in [0.2, 0.25) is 0 Å². The Labute approximate surface area is 137 Å². The molecular formula is C16H16N2O4S. The van der Waals surface area contributed by atoms with Gasteiger partial charge in [-0.15, -0.1) is 11.3 Å². The first kappa shape index (κ1) is 15.5. The van der Waals surface area contributed by atoms with E-state index in [0.717, 1.165) is 18.4 Å². The van der Waals surface area contributed by atoms with Crippen LogP contribution in [0.25, 0.3) is 0 Å². The Hall–Kier alpha value is -2.41. The third kappa shape index (κ3) is 3.68. The first-order chi connectivity index (χ1) is 11.2. The monoisotopic (exact) mass is 332 g/mol. The zero-order valence-corrected chi connectivity index (χ0v) is 13.1. The van der Waals surface area contributed by atoms with Gasteiger partial charge in [-0.25, -0.2) is 14.6 Å². The molecule has 1 unspecified atom stereocenters. The number of aliphatic carboxylic acids is 1.